The molecule has 1 heterocycles. The zero-order valence-electron chi connectivity index (χ0n) is 17.0. The lowest BCUT2D eigenvalue weighted by atomic mass is 10.1. The van der Waals surface area contributed by atoms with E-state index in [2.05, 4.69) is 76.7 Å². The molecular weight excluding hydrogens is 386 g/mol. The van der Waals surface area contributed by atoms with Crippen LogP contribution in [0.2, 0.25) is 0 Å². The summed E-state index contributed by atoms with van der Waals surface area (Å²) < 4.78 is 0. The number of hydrogen-bond acceptors (Lipinski definition) is 3. The molecule has 4 heteroatoms. The van der Waals surface area contributed by atoms with Gasteiger partial charge in [-0.1, -0.05) is 61.0 Å². The molecule has 3 nitrogen and oxygen atoms in total. The summed E-state index contributed by atoms with van der Waals surface area (Å²) in [5.41, 5.74) is 3.62. The van der Waals surface area contributed by atoms with Crippen LogP contribution in [-0.4, -0.2) is 15.7 Å². The predicted molar refractivity (Wildman–Crippen MR) is 126 cm³/mol. The summed E-state index contributed by atoms with van der Waals surface area (Å²) in [5, 5.41) is 11.3. The van der Waals surface area contributed by atoms with E-state index in [0.29, 0.717) is 5.75 Å². The highest BCUT2D eigenvalue weighted by Crippen LogP contribution is 2.25. The zero-order chi connectivity index (χ0) is 20.6. The summed E-state index contributed by atoms with van der Waals surface area (Å²) in [7, 11) is 0. The van der Waals surface area contributed by atoms with Gasteiger partial charge in [-0.25, -0.2) is 4.98 Å². The summed E-state index contributed by atoms with van der Waals surface area (Å²) in [6, 6.07) is 25.6. The van der Waals surface area contributed by atoms with Crippen molar-refractivity contribution in [1.82, 2.24) is 9.97 Å². The van der Waals surface area contributed by atoms with Gasteiger partial charge in [0.1, 0.15) is 5.82 Å². The van der Waals surface area contributed by atoms with Gasteiger partial charge in [-0.15, -0.1) is 11.8 Å². The average molecular weight is 412 g/mol. The van der Waals surface area contributed by atoms with Crippen LogP contribution in [0, 0.1) is 11.3 Å². The maximum Gasteiger partial charge on any atom is 0.106 e. The molecule has 0 amide bonds. The number of hydrogen-bond donors (Lipinski definition) is 1. The Bertz CT molecular complexity index is 1160. The van der Waals surface area contributed by atoms with Crippen LogP contribution in [0.15, 0.2) is 77.8 Å². The minimum Gasteiger partial charge on any atom is -0.342 e. The molecule has 0 fully saturated rings. The number of unbranched alkanes of at least 4 members (excludes halogenated alkanes) is 2. The third kappa shape index (κ3) is 5.11. The maximum absolute atomic E-state index is 8.81. The standard InChI is InChI=1S/C26H25N3S/c27-16-17-30-25-12-7-6-10-21(25)9-2-1-3-13-26-28-19-24(29-26)23-15-14-20-8-4-5-11-22(20)18-23/h4-8,10-12,14-15,18-19H,1-3,9,13,17H2,(H,28,29). The van der Waals surface area contributed by atoms with E-state index in [-0.39, 0.29) is 0 Å². The number of H-pyrrole nitrogens is 1. The molecule has 0 unspecified atom stereocenters. The van der Waals surface area contributed by atoms with E-state index in [1.165, 1.54) is 33.2 Å². The fourth-order valence-corrected chi connectivity index (χ4v) is 4.49. The number of nitrogens with one attached hydrogen (secondary N) is 1. The van der Waals surface area contributed by atoms with Gasteiger partial charge in [0.05, 0.1) is 23.7 Å². The second-order valence-electron chi connectivity index (χ2n) is 7.42. The fourth-order valence-electron chi connectivity index (χ4n) is 3.74. The monoisotopic (exact) mass is 411 g/mol. The van der Waals surface area contributed by atoms with Gasteiger partial charge in [0, 0.05) is 16.9 Å². The smallest absolute Gasteiger partial charge is 0.106 e. The van der Waals surface area contributed by atoms with Crippen molar-refractivity contribution in [2.24, 2.45) is 0 Å². The molecule has 30 heavy (non-hydrogen) atoms. The van der Waals surface area contributed by atoms with Crippen LogP contribution in [-0.2, 0) is 12.8 Å². The first kappa shape index (κ1) is 20.3. The van der Waals surface area contributed by atoms with Gasteiger partial charge in [0.2, 0.25) is 0 Å². The van der Waals surface area contributed by atoms with Crippen molar-refractivity contribution >= 4 is 22.5 Å². The molecule has 0 saturated carbocycles. The Hall–Kier alpha value is -3.03. The molecule has 0 aliphatic rings. The lowest BCUT2D eigenvalue weighted by Crippen LogP contribution is -1.92. The van der Waals surface area contributed by atoms with Crippen molar-refractivity contribution in [3.05, 3.63) is 84.3 Å². The van der Waals surface area contributed by atoms with E-state index in [4.69, 9.17) is 5.26 Å². The number of fused-ring (bicyclic) bond motifs is 1. The van der Waals surface area contributed by atoms with E-state index in [1.54, 1.807) is 11.8 Å². The lowest BCUT2D eigenvalue weighted by molar-refractivity contribution is 0.662. The molecule has 1 N–H and O–H groups in total. The quantitative estimate of drug-likeness (QED) is 0.243. The molecule has 0 spiro atoms. The molecule has 0 saturated heterocycles. The van der Waals surface area contributed by atoms with Gasteiger partial charge in [0.25, 0.3) is 0 Å². The van der Waals surface area contributed by atoms with E-state index < -0.39 is 0 Å². The van der Waals surface area contributed by atoms with Gasteiger partial charge < -0.3 is 4.98 Å². The number of aryl methyl sites for hydroxylation is 2. The minimum atomic E-state index is 0.509. The first-order valence-electron chi connectivity index (χ1n) is 10.4. The highest BCUT2D eigenvalue weighted by Gasteiger charge is 2.06. The molecule has 0 radical (unpaired) electrons. The maximum atomic E-state index is 8.81. The van der Waals surface area contributed by atoms with E-state index in [9.17, 15) is 0 Å². The van der Waals surface area contributed by atoms with E-state index >= 15 is 0 Å². The molecule has 150 valence electrons. The summed E-state index contributed by atoms with van der Waals surface area (Å²) in [6.07, 6.45) is 7.43. The van der Waals surface area contributed by atoms with Gasteiger partial charge in [0.15, 0.2) is 0 Å². The van der Waals surface area contributed by atoms with Gasteiger partial charge in [-0.2, -0.15) is 5.26 Å². The number of rotatable bonds is 9. The van der Waals surface area contributed by atoms with Crippen molar-refractivity contribution in [3.8, 4) is 17.3 Å². The summed E-state index contributed by atoms with van der Waals surface area (Å²) in [4.78, 5) is 9.32. The zero-order valence-corrected chi connectivity index (χ0v) is 17.8. The van der Waals surface area contributed by atoms with Crippen LogP contribution in [0.1, 0.15) is 30.7 Å². The van der Waals surface area contributed by atoms with Crippen molar-refractivity contribution < 1.29 is 0 Å². The van der Waals surface area contributed by atoms with Gasteiger partial charge >= 0.3 is 0 Å². The summed E-state index contributed by atoms with van der Waals surface area (Å²) >= 11 is 1.63. The Labute approximate surface area is 182 Å². The molecule has 0 aliphatic heterocycles. The van der Waals surface area contributed by atoms with Gasteiger partial charge in [-0.05, 0) is 47.7 Å². The average Bonchev–Trinajstić information content (AvgIpc) is 3.27. The van der Waals surface area contributed by atoms with Crippen molar-refractivity contribution in [2.45, 2.75) is 37.0 Å². The van der Waals surface area contributed by atoms with Crippen molar-refractivity contribution in [3.63, 3.8) is 0 Å². The molecule has 0 aliphatic carbocycles. The first-order chi connectivity index (χ1) is 14.8. The minimum absolute atomic E-state index is 0.509. The fraction of sp³-hybridized carbons (Fsp3) is 0.231. The topological polar surface area (TPSA) is 52.5 Å². The Morgan fingerprint density at radius 3 is 2.57 bits per heavy atom. The number of benzene rings is 3. The summed E-state index contributed by atoms with van der Waals surface area (Å²) in [6.45, 7) is 0. The van der Waals surface area contributed by atoms with Crippen LogP contribution in [0.3, 0.4) is 0 Å². The highest BCUT2D eigenvalue weighted by atomic mass is 32.2. The van der Waals surface area contributed by atoms with E-state index in [0.717, 1.165) is 37.2 Å². The van der Waals surface area contributed by atoms with Crippen LogP contribution < -0.4 is 0 Å². The number of imidazole rings is 1. The molecule has 3 aromatic carbocycles. The molecular formula is C26H25N3S. The third-order valence-electron chi connectivity index (χ3n) is 5.31. The van der Waals surface area contributed by atoms with E-state index in [1.807, 2.05) is 12.3 Å². The second-order valence-corrected chi connectivity index (χ2v) is 8.44. The number of aromatic amines is 1. The predicted octanol–water partition coefficient (Wildman–Crippen LogP) is 6.80. The first-order valence-corrected chi connectivity index (χ1v) is 11.4. The Kier molecular flexibility index (Phi) is 6.84. The molecule has 4 aromatic rings. The van der Waals surface area contributed by atoms with Gasteiger partial charge in [-0.3, -0.25) is 0 Å². The largest absolute Gasteiger partial charge is 0.342 e. The number of nitriles is 1. The molecule has 0 bridgehead atoms. The van der Waals surface area contributed by atoms with Crippen LogP contribution in [0.5, 0.6) is 0 Å². The Balaban J connectivity index is 1.28. The van der Waals surface area contributed by atoms with Crippen molar-refractivity contribution in [2.75, 3.05) is 5.75 Å². The number of nitrogens with zero attached hydrogens (tertiary/aromatic N) is 2. The summed E-state index contributed by atoms with van der Waals surface area (Å²) in [5.74, 6) is 1.57. The number of thioether (sulfide) groups is 1. The number of aromatic nitrogens is 2. The Morgan fingerprint density at radius 1 is 0.867 bits per heavy atom. The van der Waals surface area contributed by atoms with Crippen LogP contribution in [0.25, 0.3) is 22.0 Å². The van der Waals surface area contributed by atoms with Crippen molar-refractivity contribution in [1.29, 1.82) is 5.26 Å². The van der Waals surface area contributed by atoms with Crippen LogP contribution in [0.4, 0.5) is 0 Å². The second kappa shape index (κ2) is 10.1. The Morgan fingerprint density at radius 2 is 1.67 bits per heavy atom. The molecule has 0 atom stereocenters. The SMILES string of the molecule is N#CCSc1ccccc1CCCCCc1ncc(-c2ccc3ccccc3c2)[nH]1. The molecule has 4 rings (SSSR count). The third-order valence-corrected chi connectivity index (χ3v) is 6.30. The highest BCUT2D eigenvalue weighted by molar-refractivity contribution is 7.99. The van der Waals surface area contributed by atoms with Crippen LogP contribution >= 0.6 is 11.8 Å². The lowest BCUT2D eigenvalue weighted by Gasteiger charge is -2.07. The molecule has 1 aromatic heterocycles. The normalized spacial score (nSPS) is 10.9.